The van der Waals surface area contributed by atoms with Crippen molar-refractivity contribution in [3.05, 3.63) is 53.3 Å². The number of hydrogen-bond acceptors (Lipinski definition) is 2. The maximum atomic E-state index is 4.17. The van der Waals surface area contributed by atoms with Crippen LogP contribution < -0.4 is 5.32 Å². The van der Waals surface area contributed by atoms with Crippen molar-refractivity contribution in [1.82, 2.24) is 15.1 Å². The van der Waals surface area contributed by atoms with Gasteiger partial charge in [-0.3, -0.25) is 4.68 Å². The molecule has 1 saturated carbocycles. The summed E-state index contributed by atoms with van der Waals surface area (Å²) in [5, 5.41) is 7.66. The van der Waals surface area contributed by atoms with Crippen LogP contribution in [-0.2, 0) is 20.0 Å². The predicted octanol–water partition coefficient (Wildman–Crippen LogP) is 2.63. The molecule has 1 N–H and O–H groups in total. The number of nitrogens with zero attached hydrogens (tertiary/aromatic N) is 2. The van der Waals surface area contributed by atoms with E-state index in [0.29, 0.717) is 0 Å². The molecule has 1 aliphatic carbocycles. The van der Waals surface area contributed by atoms with Crippen LogP contribution in [0.1, 0.15) is 35.6 Å². The van der Waals surface area contributed by atoms with Gasteiger partial charge in [-0.25, -0.2) is 0 Å². The number of rotatable bonds is 6. The largest absolute Gasteiger partial charge is 0.312 e. The number of hydrogen-bond donors (Lipinski definition) is 1. The van der Waals surface area contributed by atoms with Gasteiger partial charge in [0.1, 0.15) is 0 Å². The van der Waals surface area contributed by atoms with Gasteiger partial charge in [0, 0.05) is 38.4 Å². The molecule has 0 unspecified atom stereocenters. The summed E-state index contributed by atoms with van der Waals surface area (Å²) in [4.78, 5) is 0. The minimum Gasteiger partial charge on any atom is -0.312 e. The molecule has 0 radical (unpaired) electrons. The fraction of sp³-hybridized carbons (Fsp3) is 0.438. The monoisotopic (exact) mass is 255 g/mol. The van der Waals surface area contributed by atoms with Crippen LogP contribution in [0.25, 0.3) is 0 Å². The molecule has 1 aromatic heterocycles. The van der Waals surface area contributed by atoms with Gasteiger partial charge in [-0.15, -0.1) is 0 Å². The van der Waals surface area contributed by atoms with Crippen LogP contribution in [-0.4, -0.2) is 16.3 Å². The van der Waals surface area contributed by atoms with Gasteiger partial charge in [0.05, 0.1) is 0 Å². The Hall–Kier alpha value is -1.61. The molecule has 0 bridgehead atoms. The zero-order chi connectivity index (χ0) is 13.1. The van der Waals surface area contributed by atoms with Crippen molar-refractivity contribution in [3.63, 3.8) is 0 Å². The first-order valence-corrected chi connectivity index (χ1v) is 7.09. The summed E-state index contributed by atoms with van der Waals surface area (Å²) in [5.41, 5.74) is 4.16. The van der Waals surface area contributed by atoms with Gasteiger partial charge in [0.15, 0.2) is 0 Å². The Kier molecular flexibility index (Phi) is 3.65. The molecular formula is C16H21N3. The van der Waals surface area contributed by atoms with E-state index in [1.54, 1.807) is 0 Å². The van der Waals surface area contributed by atoms with Gasteiger partial charge >= 0.3 is 0 Å². The zero-order valence-corrected chi connectivity index (χ0v) is 11.5. The Labute approximate surface area is 114 Å². The highest BCUT2D eigenvalue weighted by atomic mass is 15.3. The lowest BCUT2D eigenvalue weighted by Gasteiger charge is -2.06. The smallest absolute Gasteiger partial charge is 0.0492 e. The normalized spacial score (nSPS) is 14.8. The lowest BCUT2D eigenvalue weighted by Crippen LogP contribution is -2.17. The number of nitrogens with one attached hydrogen (secondary N) is 1. The average molecular weight is 255 g/mol. The Morgan fingerprint density at radius 1 is 1.21 bits per heavy atom. The summed E-state index contributed by atoms with van der Waals surface area (Å²) in [5.74, 6) is 0.854. The summed E-state index contributed by atoms with van der Waals surface area (Å²) in [6, 6.07) is 11.2. The molecule has 3 heteroatoms. The third-order valence-electron chi connectivity index (χ3n) is 3.84. The first-order chi connectivity index (χ1) is 9.33. The summed E-state index contributed by atoms with van der Waals surface area (Å²) in [6.45, 7) is 1.94. The van der Waals surface area contributed by atoms with Crippen molar-refractivity contribution >= 4 is 0 Å². The molecule has 2 aromatic rings. The van der Waals surface area contributed by atoms with Crippen LogP contribution in [0.4, 0.5) is 0 Å². The van der Waals surface area contributed by atoms with Gasteiger partial charge in [-0.2, -0.15) is 5.10 Å². The summed E-state index contributed by atoms with van der Waals surface area (Å²) in [6.07, 6.45) is 5.63. The minimum absolute atomic E-state index is 0.854. The van der Waals surface area contributed by atoms with E-state index in [4.69, 9.17) is 0 Å². The fourth-order valence-electron chi connectivity index (χ4n) is 2.42. The second-order valence-corrected chi connectivity index (χ2v) is 5.39. The van der Waals surface area contributed by atoms with E-state index < -0.39 is 0 Å². The third kappa shape index (κ3) is 3.24. The highest BCUT2D eigenvalue weighted by Crippen LogP contribution is 2.39. The molecule has 1 aliphatic rings. The van der Waals surface area contributed by atoms with Crippen molar-refractivity contribution in [1.29, 1.82) is 0 Å². The molecule has 19 heavy (non-hydrogen) atoms. The van der Waals surface area contributed by atoms with Crippen molar-refractivity contribution in [3.8, 4) is 0 Å². The highest BCUT2D eigenvalue weighted by Gasteiger charge is 2.22. The van der Waals surface area contributed by atoms with E-state index in [-0.39, 0.29) is 0 Å². The van der Waals surface area contributed by atoms with Crippen LogP contribution in [0.3, 0.4) is 0 Å². The number of benzene rings is 1. The SMILES string of the molecule is Cn1nccc1CCNCc1ccc(C2CC2)cc1. The number of aryl methyl sites for hydroxylation is 1. The van der Waals surface area contributed by atoms with Gasteiger partial charge < -0.3 is 5.32 Å². The van der Waals surface area contributed by atoms with Gasteiger partial charge in [-0.05, 0) is 36.0 Å². The molecule has 0 saturated heterocycles. The lowest BCUT2D eigenvalue weighted by molar-refractivity contribution is 0.643. The van der Waals surface area contributed by atoms with Crippen molar-refractivity contribution in [2.75, 3.05) is 6.54 Å². The lowest BCUT2D eigenvalue weighted by atomic mass is 10.1. The molecule has 1 aromatic carbocycles. The van der Waals surface area contributed by atoms with Crippen LogP contribution in [0.2, 0.25) is 0 Å². The molecule has 0 amide bonds. The topological polar surface area (TPSA) is 29.9 Å². The zero-order valence-electron chi connectivity index (χ0n) is 11.5. The molecule has 0 atom stereocenters. The van der Waals surface area contributed by atoms with Crippen molar-refractivity contribution in [2.45, 2.75) is 31.7 Å². The summed E-state index contributed by atoms with van der Waals surface area (Å²) >= 11 is 0. The molecule has 0 aliphatic heterocycles. The number of aromatic nitrogens is 2. The Morgan fingerprint density at radius 2 is 2.00 bits per heavy atom. The van der Waals surface area contributed by atoms with Gasteiger partial charge in [0.2, 0.25) is 0 Å². The predicted molar refractivity (Wildman–Crippen MR) is 77.0 cm³/mol. The second-order valence-electron chi connectivity index (χ2n) is 5.39. The van der Waals surface area contributed by atoms with E-state index in [1.165, 1.54) is 29.7 Å². The van der Waals surface area contributed by atoms with Gasteiger partial charge in [-0.1, -0.05) is 24.3 Å². The molecule has 100 valence electrons. The Balaban J connectivity index is 1.43. The van der Waals surface area contributed by atoms with Crippen molar-refractivity contribution in [2.24, 2.45) is 7.05 Å². The average Bonchev–Trinajstić information content (AvgIpc) is 3.20. The molecule has 3 nitrogen and oxygen atoms in total. The van der Waals surface area contributed by atoms with E-state index >= 15 is 0 Å². The molecule has 3 rings (SSSR count). The minimum atomic E-state index is 0.854. The van der Waals surface area contributed by atoms with Crippen LogP contribution >= 0.6 is 0 Å². The maximum Gasteiger partial charge on any atom is 0.0492 e. The van der Waals surface area contributed by atoms with Crippen LogP contribution in [0.15, 0.2) is 36.5 Å². The Bertz CT molecular complexity index is 523. The standard InChI is InChI=1S/C16H21N3/c1-19-16(9-11-18-19)8-10-17-12-13-2-4-14(5-3-13)15-6-7-15/h2-5,9,11,15,17H,6-8,10,12H2,1H3. The highest BCUT2D eigenvalue weighted by molar-refractivity contribution is 5.27. The first-order valence-electron chi connectivity index (χ1n) is 7.09. The molecule has 0 spiro atoms. The maximum absolute atomic E-state index is 4.17. The van der Waals surface area contributed by atoms with Crippen LogP contribution in [0, 0.1) is 0 Å². The van der Waals surface area contributed by atoms with Crippen LogP contribution in [0.5, 0.6) is 0 Å². The molecule has 1 fully saturated rings. The second kappa shape index (κ2) is 5.57. The first kappa shape index (κ1) is 12.4. The van der Waals surface area contributed by atoms with Gasteiger partial charge in [0.25, 0.3) is 0 Å². The van der Waals surface area contributed by atoms with E-state index in [2.05, 4.69) is 40.7 Å². The quantitative estimate of drug-likeness (QED) is 0.804. The Morgan fingerprint density at radius 3 is 2.63 bits per heavy atom. The van der Waals surface area contributed by atoms with E-state index in [0.717, 1.165) is 25.4 Å². The fourth-order valence-corrected chi connectivity index (χ4v) is 2.42. The summed E-state index contributed by atoms with van der Waals surface area (Å²) in [7, 11) is 1.99. The molecule has 1 heterocycles. The summed E-state index contributed by atoms with van der Waals surface area (Å²) < 4.78 is 1.94. The molecular weight excluding hydrogens is 234 g/mol. The van der Waals surface area contributed by atoms with E-state index in [1.807, 2.05) is 17.9 Å². The van der Waals surface area contributed by atoms with Crippen molar-refractivity contribution < 1.29 is 0 Å². The van der Waals surface area contributed by atoms with E-state index in [9.17, 15) is 0 Å². The third-order valence-corrected chi connectivity index (χ3v) is 3.84.